The van der Waals surface area contributed by atoms with Gasteiger partial charge in [0.2, 0.25) is 0 Å². The number of aliphatic hydroxyl groups is 2. The molecule has 5 nitrogen and oxygen atoms in total. The molecule has 1 saturated carbocycles. The summed E-state index contributed by atoms with van der Waals surface area (Å²) < 4.78 is 0. The molecule has 0 spiro atoms. The molecule has 1 aromatic heterocycles. The van der Waals surface area contributed by atoms with Crippen molar-refractivity contribution in [2.75, 3.05) is 0 Å². The number of aliphatic hydroxyl groups excluding tert-OH is 2. The summed E-state index contributed by atoms with van der Waals surface area (Å²) in [6.45, 7) is 2.06. The Morgan fingerprint density at radius 1 is 1.13 bits per heavy atom. The first-order valence-corrected chi connectivity index (χ1v) is 10.7. The van der Waals surface area contributed by atoms with Crippen molar-refractivity contribution in [3.8, 4) is 11.1 Å². The van der Waals surface area contributed by atoms with Crippen LogP contribution in [0.4, 0.5) is 0 Å². The van der Waals surface area contributed by atoms with Crippen LogP contribution in [0.2, 0.25) is 0 Å². The summed E-state index contributed by atoms with van der Waals surface area (Å²) in [5.41, 5.74) is 6.33. The largest absolute Gasteiger partial charge is 0.481 e. The number of nitrogens with zero attached hydrogens (tertiary/aromatic N) is 1. The molecule has 1 aliphatic rings. The van der Waals surface area contributed by atoms with Crippen LogP contribution in [0.3, 0.4) is 0 Å². The monoisotopic (exact) mass is 417 g/mol. The van der Waals surface area contributed by atoms with Crippen molar-refractivity contribution in [2.24, 2.45) is 0 Å². The molecule has 1 heterocycles. The maximum Gasteiger partial charge on any atom is 0.305 e. The first kappa shape index (κ1) is 21.2. The number of fused-ring (bicyclic) bond motifs is 1. The molecule has 1 aliphatic carbocycles. The zero-order valence-corrected chi connectivity index (χ0v) is 17.5. The van der Waals surface area contributed by atoms with Crippen molar-refractivity contribution in [3.63, 3.8) is 0 Å². The van der Waals surface area contributed by atoms with E-state index in [0.717, 1.165) is 46.1 Å². The van der Waals surface area contributed by atoms with Crippen molar-refractivity contribution >= 4 is 22.9 Å². The first-order valence-electron chi connectivity index (χ1n) is 10.7. The molecule has 0 radical (unpaired) electrons. The number of carboxylic acids is 1. The average molecular weight is 418 g/mol. The highest BCUT2D eigenvalue weighted by molar-refractivity contribution is 5.99. The van der Waals surface area contributed by atoms with Gasteiger partial charge in [-0.25, -0.2) is 0 Å². The zero-order chi connectivity index (χ0) is 22.0. The van der Waals surface area contributed by atoms with Crippen molar-refractivity contribution in [2.45, 2.75) is 50.7 Å². The number of pyridine rings is 1. The maximum atomic E-state index is 10.8. The van der Waals surface area contributed by atoms with Crippen molar-refractivity contribution in [3.05, 3.63) is 71.4 Å². The highest BCUT2D eigenvalue weighted by atomic mass is 16.4. The first-order chi connectivity index (χ1) is 14.9. The minimum atomic E-state index is -1.09. The highest BCUT2D eigenvalue weighted by Crippen LogP contribution is 2.45. The Morgan fingerprint density at radius 3 is 2.52 bits per heavy atom. The summed E-state index contributed by atoms with van der Waals surface area (Å²) >= 11 is 0. The Kier molecular flexibility index (Phi) is 6.16. The Morgan fingerprint density at radius 2 is 1.84 bits per heavy atom. The van der Waals surface area contributed by atoms with E-state index in [2.05, 4.69) is 37.3 Å². The fraction of sp³-hybridized carbons (Fsp3) is 0.308. The number of benzene rings is 2. The molecular formula is C26H27NO4. The molecule has 0 saturated heterocycles. The van der Waals surface area contributed by atoms with Gasteiger partial charge in [0, 0.05) is 28.9 Å². The van der Waals surface area contributed by atoms with Gasteiger partial charge in [-0.15, -0.1) is 0 Å². The summed E-state index contributed by atoms with van der Waals surface area (Å²) in [7, 11) is 0. The van der Waals surface area contributed by atoms with Crippen molar-refractivity contribution in [1.29, 1.82) is 0 Å². The van der Waals surface area contributed by atoms with E-state index in [1.54, 1.807) is 6.08 Å². The summed E-state index contributed by atoms with van der Waals surface area (Å²) in [5.74, 6) is -0.678. The summed E-state index contributed by atoms with van der Waals surface area (Å²) in [6, 6.07) is 16.5. The zero-order valence-electron chi connectivity index (χ0n) is 17.5. The number of carbonyl (C=O) groups is 1. The van der Waals surface area contributed by atoms with E-state index in [9.17, 15) is 15.0 Å². The van der Waals surface area contributed by atoms with Gasteiger partial charge < -0.3 is 15.3 Å². The molecule has 0 amide bonds. The van der Waals surface area contributed by atoms with Gasteiger partial charge in [-0.1, -0.05) is 60.2 Å². The second-order valence-electron chi connectivity index (χ2n) is 8.36. The number of rotatable bonds is 8. The van der Waals surface area contributed by atoms with E-state index in [1.807, 2.05) is 24.3 Å². The number of aromatic nitrogens is 1. The smallest absolute Gasteiger partial charge is 0.305 e. The molecule has 0 aliphatic heterocycles. The molecule has 160 valence electrons. The molecular weight excluding hydrogens is 390 g/mol. The van der Waals surface area contributed by atoms with Gasteiger partial charge in [0.05, 0.1) is 29.8 Å². The molecule has 0 bridgehead atoms. The van der Waals surface area contributed by atoms with Crippen LogP contribution in [-0.4, -0.2) is 38.5 Å². The lowest BCUT2D eigenvalue weighted by atomic mass is 9.91. The normalized spacial score (nSPS) is 16.0. The summed E-state index contributed by atoms with van der Waals surface area (Å²) in [5, 5.41) is 30.1. The average Bonchev–Trinajstić information content (AvgIpc) is 3.56. The quantitative estimate of drug-likeness (QED) is 0.495. The van der Waals surface area contributed by atoms with Crippen LogP contribution in [-0.2, 0) is 4.79 Å². The summed E-state index contributed by atoms with van der Waals surface area (Å²) in [4.78, 5) is 15.7. The van der Waals surface area contributed by atoms with Crippen LogP contribution in [0.1, 0.15) is 48.4 Å². The minimum Gasteiger partial charge on any atom is -0.481 e. The third-order valence-electron chi connectivity index (χ3n) is 5.67. The number of hydrogen-bond acceptors (Lipinski definition) is 4. The second kappa shape index (κ2) is 9.00. The highest BCUT2D eigenvalue weighted by Gasteiger charge is 2.29. The molecule has 2 aromatic carbocycles. The number of aryl methyl sites for hydroxylation is 1. The van der Waals surface area contributed by atoms with Crippen LogP contribution < -0.4 is 0 Å². The summed E-state index contributed by atoms with van der Waals surface area (Å²) in [6.07, 6.45) is 3.28. The fourth-order valence-corrected chi connectivity index (χ4v) is 3.96. The SMILES string of the molecule is Cc1ccc(-c2c(/C=C/[C@@H](O)C[C@@H](O)CC(=O)O)c(C3CC3)nc3ccccc23)cc1. The number of para-hydroxylation sites is 1. The Hall–Kier alpha value is -3.02. The molecule has 2 atom stereocenters. The van der Waals surface area contributed by atoms with E-state index in [4.69, 9.17) is 10.1 Å². The molecule has 1 fully saturated rings. The van der Waals surface area contributed by atoms with E-state index < -0.39 is 18.2 Å². The Labute approximate surface area is 181 Å². The van der Waals surface area contributed by atoms with Gasteiger partial charge in [0.25, 0.3) is 0 Å². The molecule has 3 N–H and O–H groups in total. The van der Waals surface area contributed by atoms with E-state index >= 15 is 0 Å². The standard InChI is InChI=1S/C26H27NO4/c1-16-6-8-17(9-7-16)25-21-4-2-3-5-23(21)27-26(18-10-11-18)22(25)13-12-19(28)14-20(29)15-24(30)31/h2-9,12-13,18-20,28-29H,10-11,14-15H2,1H3,(H,30,31)/b13-12+/t19-,20-/m1/s1. The van der Waals surface area contributed by atoms with Gasteiger partial charge in [-0.05, 0) is 31.4 Å². The lowest BCUT2D eigenvalue weighted by Crippen LogP contribution is -2.19. The van der Waals surface area contributed by atoms with Crippen molar-refractivity contribution in [1.82, 2.24) is 4.98 Å². The van der Waals surface area contributed by atoms with E-state index in [0.29, 0.717) is 5.92 Å². The van der Waals surface area contributed by atoms with Gasteiger partial charge in [0.15, 0.2) is 0 Å². The predicted octanol–water partition coefficient (Wildman–Crippen LogP) is 4.69. The van der Waals surface area contributed by atoms with Crippen LogP contribution in [0.5, 0.6) is 0 Å². The molecule has 4 rings (SSSR count). The fourth-order valence-electron chi connectivity index (χ4n) is 3.96. The third kappa shape index (κ3) is 5.01. The molecule has 3 aromatic rings. The number of hydrogen-bond donors (Lipinski definition) is 3. The van der Waals surface area contributed by atoms with Crippen LogP contribution in [0, 0.1) is 6.92 Å². The number of carboxylic acid groups (broad SMARTS) is 1. The van der Waals surface area contributed by atoms with Gasteiger partial charge in [-0.3, -0.25) is 9.78 Å². The molecule has 31 heavy (non-hydrogen) atoms. The van der Waals surface area contributed by atoms with Gasteiger partial charge in [-0.2, -0.15) is 0 Å². The van der Waals surface area contributed by atoms with Crippen LogP contribution >= 0.6 is 0 Å². The second-order valence-corrected chi connectivity index (χ2v) is 8.36. The Bertz CT molecular complexity index is 1120. The Balaban J connectivity index is 1.79. The van der Waals surface area contributed by atoms with Crippen molar-refractivity contribution < 1.29 is 20.1 Å². The number of aliphatic carboxylic acids is 1. The maximum absolute atomic E-state index is 10.8. The van der Waals surface area contributed by atoms with Crippen LogP contribution in [0.15, 0.2) is 54.6 Å². The molecule has 5 heteroatoms. The van der Waals surface area contributed by atoms with Gasteiger partial charge >= 0.3 is 5.97 Å². The lowest BCUT2D eigenvalue weighted by Gasteiger charge is -2.16. The predicted molar refractivity (Wildman–Crippen MR) is 122 cm³/mol. The topological polar surface area (TPSA) is 90.7 Å². The lowest BCUT2D eigenvalue weighted by molar-refractivity contribution is -0.139. The van der Waals surface area contributed by atoms with Crippen LogP contribution in [0.25, 0.3) is 28.1 Å². The van der Waals surface area contributed by atoms with Gasteiger partial charge in [0.1, 0.15) is 0 Å². The third-order valence-corrected chi connectivity index (χ3v) is 5.67. The van der Waals surface area contributed by atoms with E-state index in [-0.39, 0.29) is 12.8 Å². The van der Waals surface area contributed by atoms with E-state index in [1.165, 1.54) is 5.56 Å². The minimum absolute atomic E-state index is 0.0254. The molecule has 0 unspecified atom stereocenters.